The van der Waals surface area contributed by atoms with Gasteiger partial charge in [-0.2, -0.15) is 0 Å². The first-order valence-corrected chi connectivity index (χ1v) is 7.09. The average molecular weight is 247 g/mol. The Morgan fingerprint density at radius 1 is 1.41 bits per heavy atom. The zero-order valence-electron chi connectivity index (χ0n) is 9.80. The summed E-state index contributed by atoms with van der Waals surface area (Å²) >= 11 is 1.78. The molecule has 0 bridgehead atoms. The van der Waals surface area contributed by atoms with E-state index >= 15 is 0 Å². The number of hydrogen-bond donors (Lipinski definition) is 1. The molecule has 1 atom stereocenters. The van der Waals surface area contributed by atoms with Crippen molar-refractivity contribution in [3.63, 3.8) is 0 Å². The van der Waals surface area contributed by atoms with Gasteiger partial charge in [0.05, 0.1) is 23.1 Å². The Morgan fingerprint density at radius 2 is 2.41 bits per heavy atom. The fourth-order valence-electron chi connectivity index (χ4n) is 2.45. The van der Waals surface area contributed by atoms with Crippen molar-refractivity contribution in [1.29, 1.82) is 0 Å². The fourth-order valence-corrected chi connectivity index (χ4v) is 3.19. The lowest BCUT2D eigenvalue weighted by Gasteiger charge is -2.18. The Balaban J connectivity index is 1.90. The van der Waals surface area contributed by atoms with E-state index in [1.807, 2.05) is 12.5 Å². The lowest BCUT2D eigenvalue weighted by molar-refractivity contribution is 0.465. The SMILES string of the molecule is c1csc(-c2cncn2C2CCCCNC2)c1. The number of imidazole rings is 1. The van der Waals surface area contributed by atoms with Gasteiger partial charge in [-0.25, -0.2) is 4.98 Å². The molecule has 1 fully saturated rings. The van der Waals surface area contributed by atoms with Gasteiger partial charge in [-0.05, 0) is 30.8 Å². The quantitative estimate of drug-likeness (QED) is 0.884. The zero-order valence-corrected chi connectivity index (χ0v) is 10.6. The van der Waals surface area contributed by atoms with E-state index in [1.165, 1.54) is 29.8 Å². The molecule has 90 valence electrons. The fraction of sp³-hybridized carbons (Fsp3) is 0.462. The highest BCUT2D eigenvalue weighted by atomic mass is 32.1. The van der Waals surface area contributed by atoms with Crippen molar-refractivity contribution in [2.24, 2.45) is 0 Å². The molecule has 0 aromatic carbocycles. The van der Waals surface area contributed by atoms with Crippen LogP contribution in [-0.2, 0) is 0 Å². The average Bonchev–Trinajstić information content (AvgIpc) is 2.95. The van der Waals surface area contributed by atoms with Crippen molar-refractivity contribution in [3.8, 4) is 10.6 Å². The van der Waals surface area contributed by atoms with Crippen LogP contribution < -0.4 is 5.32 Å². The Kier molecular flexibility index (Phi) is 3.25. The van der Waals surface area contributed by atoms with Crippen LogP contribution in [0.1, 0.15) is 25.3 Å². The highest BCUT2D eigenvalue weighted by Gasteiger charge is 2.17. The molecule has 0 radical (unpaired) electrons. The maximum absolute atomic E-state index is 4.33. The molecule has 4 heteroatoms. The predicted molar refractivity (Wildman–Crippen MR) is 71.3 cm³/mol. The van der Waals surface area contributed by atoms with E-state index in [0.29, 0.717) is 6.04 Å². The van der Waals surface area contributed by atoms with Crippen LogP contribution in [0.5, 0.6) is 0 Å². The smallest absolute Gasteiger partial charge is 0.0954 e. The maximum Gasteiger partial charge on any atom is 0.0954 e. The third-order valence-corrected chi connectivity index (χ3v) is 4.25. The van der Waals surface area contributed by atoms with E-state index in [4.69, 9.17) is 0 Å². The zero-order chi connectivity index (χ0) is 11.5. The van der Waals surface area contributed by atoms with Gasteiger partial charge in [0, 0.05) is 12.6 Å². The van der Waals surface area contributed by atoms with Crippen LogP contribution in [0.15, 0.2) is 30.0 Å². The molecule has 3 heterocycles. The van der Waals surface area contributed by atoms with Gasteiger partial charge >= 0.3 is 0 Å². The molecule has 0 spiro atoms. The van der Waals surface area contributed by atoms with Crippen LogP contribution in [0.25, 0.3) is 10.6 Å². The van der Waals surface area contributed by atoms with E-state index in [0.717, 1.165) is 13.1 Å². The molecule has 17 heavy (non-hydrogen) atoms. The summed E-state index contributed by atoms with van der Waals surface area (Å²) in [4.78, 5) is 5.64. The molecular formula is C13H17N3S. The van der Waals surface area contributed by atoms with Gasteiger partial charge in [-0.3, -0.25) is 0 Å². The van der Waals surface area contributed by atoms with Crippen molar-refractivity contribution in [2.45, 2.75) is 25.3 Å². The number of hydrogen-bond acceptors (Lipinski definition) is 3. The van der Waals surface area contributed by atoms with Crippen LogP contribution in [0.4, 0.5) is 0 Å². The Hall–Kier alpha value is -1.13. The molecule has 1 aliphatic rings. The summed E-state index contributed by atoms with van der Waals surface area (Å²) in [5, 5.41) is 5.64. The number of aromatic nitrogens is 2. The second-order valence-electron chi connectivity index (χ2n) is 4.52. The first-order chi connectivity index (χ1) is 8.45. The summed E-state index contributed by atoms with van der Waals surface area (Å²) in [6.45, 7) is 2.22. The highest BCUT2D eigenvalue weighted by molar-refractivity contribution is 7.13. The minimum Gasteiger partial charge on any atom is -0.326 e. The third kappa shape index (κ3) is 2.28. The van der Waals surface area contributed by atoms with E-state index in [-0.39, 0.29) is 0 Å². The van der Waals surface area contributed by atoms with Crippen molar-refractivity contribution in [1.82, 2.24) is 14.9 Å². The van der Waals surface area contributed by atoms with E-state index < -0.39 is 0 Å². The van der Waals surface area contributed by atoms with Gasteiger partial charge < -0.3 is 9.88 Å². The number of thiophene rings is 1. The van der Waals surface area contributed by atoms with Gasteiger partial charge in [0.25, 0.3) is 0 Å². The van der Waals surface area contributed by atoms with E-state index in [9.17, 15) is 0 Å². The first-order valence-electron chi connectivity index (χ1n) is 6.21. The summed E-state index contributed by atoms with van der Waals surface area (Å²) < 4.78 is 2.34. The second-order valence-corrected chi connectivity index (χ2v) is 5.46. The standard InChI is InChI=1S/C13H17N3S/c1-2-6-14-8-11(4-1)16-10-15-9-12(16)13-5-3-7-17-13/h3,5,7,9-11,14H,1-2,4,6,8H2. The molecule has 3 nitrogen and oxygen atoms in total. The van der Waals surface area contributed by atoms with Gasteiger partial charge in [0.2, 0.25) is 0 Å². The molecule has 0 saturated carbocycles. The lowest BCUT2D eigenvalue weighted by Crippen LogP contribution is -2.23. The van der Waals surface area contributed by atoms with Crippen molar-refractivity contribution >= 4 is 11.3 Å². The summed E-state index contributed by atoms with van der Waals surface area (Å²) in [6.07, 6.45) is 7.81. The molecular weight excluding hydrogens is 230 g/mol. The molecule has 0 amide bonds. The molecule has 1 unspecified atom stereocenters. The Labute approximate surface area is 106 Å². The molecule has 0 aliphatic carbocycles. The lowest BCUT2D eigenvalue weighted by atomic mass is 10.1. The summed E-state index contributed by atoms with van der Waals surface area (Å²) in [5.41, 5.74) is 1.26. The predicted octanol–water partition coefficient (Wildman–Crippen LogP) is 2.93. The van der Waals surface area contributed by atoms with Crippen molar-refractivity contribution in [2.75, 3.05) is 13.1 Å². The molecule has 3 rings (SSSR count). The third-order valence-electron chi connectivity index (χ3n) is 3.35. The summed E-state index contributed by atoms with van der Waals surface area (Å²) in [5.74, 6) is 0. The Morgan fingerprint density at radius 3 is 3.29 bits per heavy atom. The minimum absolute atomic E-state index is 0.553. The monoisotopic (exact) mass is 247 g/mol. The van der Waals surface area contributed by atoms with Gasteiger partial charge in [-0.1, -0.05) is 12.5 Å². The molecule has 2 aromatic heterocycles. The largest absolute Gasteiger partial charge is 0.326 e. The maximum atomic E-state index is 4.33. The van der Waals surface area contributed by atoms with Gasteiger partial charge in [-0.15, -0.1) is 11.3 Å². The number of rotatable bonds is 2. The topological polar surface area (TPSA) is 29.9 Å². The van der Waals surface area contributed by atoms with Crippen LogP contribution >= 0.6 is 11.3 Å². The Bertz CT molecular complexity index is 453. The van der Waals surface area contributed by atoms with Crippen LogP contribution in [0, 0.1) is 0 Å². The van der Waals surface area contributed by atoms with Crippen molar-refractivity contribution < 1.29 is 0 Å². The van der Waals surface area contributed by atoms with Gasteiger partial charge in [0.1, 0.15) is 0 Å². The van der Waals surface area contributed by atoms with Crippen LogP contribution in [0.2, 0.25) is 0 Å². The van der Waals surface area contributed by atoms with Gasteiger partial charge in [0.15, 0.2) is 0 Å². The second kappa shape index (κ2) is 5.02. The molecule has 1 N–H and O–H groups in total. The molecule has 1 aliphatic heterocycles. The normalized spacial score (nSPS) is 21.3. The van der Waals surface area contributed by atoms with E-state index in [1.54, 1.807) is 11.3 Å². The van der Waals surface area contributed by atoms with Crippen LogP contribution in [-0.4, -0.2) is 22.6 Å². The summed E-state index contributed by atoms with van der Waals surface area (Å²) in [7, 11) is 0. The van der Waals surface area contributed by atoms with Crippen molar-refractivity contribution in [3.05, 3.63) is 30.0 Å². The molecule has 1 saturated heterocycles. The van der Waals surface area contributed by atoms with E-state index in [2.05, 4.69) is 32.4 Å². The highest BCUT2D eigenvalue weighted by Crippen LogP contribution is 2.28. The first kappa shape index (κ1) is 11.0. The van der Waals surface area contributed by atoms with Crippen LogP contribution in [0.3, 0.4) is 0 Å². The molecule has 2 aromatic rings. The summed E-state index contributed by atoms with van der Waals surface area (Å²) in [6, 6.07) is 4.82. The minimum atomic E-state index is 0.553. The number of nitrogens with zero attached hydrogens (tertiary/aromatic N) is 2. The number of nitrogens with one attached hydrogen (secondary N) is 1.